The molecule has 45 heavy (non-hydrogen) atoms. The molecule has 0 radical (unpaired) electrons. The van der Waals surface area contributed by atoms with Crippen LogP contribution in [0.3, 0.4) is 0 Å². The van der Waals surface area contributed by atoms with Crippen LogP contribution in [-0.2, 0) is 25.8 Å². The number of aromatic nitrogens is 2. The van der Waals surface area contributed by atoms with Crippen molar-refractivity contribution in [2.24, 2.45) is 5.73 Å². The molecule has 3 aromatic carbocycles. The first-order valence-electron chi connectivity index (χ1n) is 14.3. The predicted octanol–water partition coefficient (Wildman–Crippen LogP) is 4.83. The molecule has 1 atom stereocenters. The van der Waals surface area contributed by atoms with E-state index in [-0.39, 0.29) is 56.2 Å². The lowest BCUT2D eigenvalue weighted by molar-refractivity contribution is -0.138. The van der Waals surface area contributed by atoms with Crippen molar-refractivity contribution < 1.29 is 26.3 Å². The number of anilines is 1. The van der Waals surface area contributed by atoms with Crippen molar-refractivity contribution in [3.05, 3.63) is 133 Å². The van der Waals surface area contributed by atoms with Gasteiger partial charge in [0.15, 0.2) is 0 Å². The first-order chi connectivity index (χ1) is 21.4. The van der Waals surface area contributed by atoms with Gasteiger partial charge in [0.1, 0.15) is 23.1 Å². The number of alkyl halides is 3. The number of halogens is 6. The summed E-state index contributed by atoms with van der Waals surface area (Å²) in [5.41, 5.74) is 3.98. The maximum absolute atomic E-state index is 14.7. The summed E-state index contributed by atoms with van der Waals surface area (Å²) < 4.78 is 86.5. The summed E-state index contributed by atoms with van der Waals surface area (Å²) in [4.78, 5) is 30.9. The van der Waals surface area contributed by atoms with Crippen LogP contribution in [0.1, 0.15) is 34.0 Å². The maximum Gasteiger partial charge on any atom is 0.416 e. The Hall–Kier alpha value is -4.36. The molecular weight excluding hydrogens is 600 g/mol. The van der Waals surface area contributed by atoms with E-state index in [4.69, 9.17) is 5.73 Å². The maximum atomic E-state index is 14.7. The lowest BCUT2D eigenvalue weighted by Gasteiger charge is -2.37. The average molecular weight is 632 g/mol. The van der Waals surface area contributed by atoms with Crippen molar-refractivity contribution in [1.29, 1.82) is 0 Å². The summed E-state index contributed by atoms with van der Waals surface area (Å²) in [5.74, 6) is -2.68. The summed E-state index contributed by atoms with van der Waals surface area (Å²) in [6.07, 6.45) is -4.73. The lowest BCUT2D eigenvalue weighted by atomic mass is 10.1. The Labute approximate surface area is 254 Å². The van der Waals surface area contributed by atoms with Crippen molar-refractivity contribution in [2.45, 2.75) is 38.8 Å². The molecule has 0 unspecified atom stereocenters. The van der Waals surface area contributed by atoms with E-state index in [1.54, 1.807) is 40.1 Å². The second-order valence-corrected chi connectivity index (χ2v) is 11.0. The number of nitrogens with zero attached hydrogens (tertiary/aromatic N) is 4. The third-order valence-corrected chi connectivity index (χ3v) is 8.14. The Morgan fingerprint density at radius 1 is 0.756 bits per heavy atom. The van der Waals surface area contributed by atoms with Gasteiger partial charge in [0, 0.05) is 55.6 Å². The van der Waals surface area contributed by atoms with Crippen LogP contribution in [0.15, 0.2) is 76.3 Å². The fourth-order valence-electron chi connectivity index (χ4n) is 5.68. The molecule has 4 aromatic rings. The van der Waals surface area contributed by atoms with Gasteiger partial charge in [0.2, 0.25) is 0 Å². The number of benzene rings is 3. The van der Waals surface area contributed by atoms with E-state index < -0.39 is 58.6 Å². The highest BCUT2D eigenvalue weighted by molar-refractivity contribution is 5.50. The number of nitrogens with two attached hydrogens (primary N) is 1. The molecule has 238 valence electrons. The second-order valence-electron chi connectivity index (χ2n) is 11.0. The third-order valence-electron chi connectivity index (χ3n) is 8.14. The smallest absolute Gasteiger partial charge is 0.363 e. The molecule has 2 heterocycles. The largest absolute Gasteiger partial charge is 0.416 e. The SMILES string of the molecule is Cc1c(N2CCN(Cc3c(F)cccc3C(F)(F)F)CC2)c(=O)n(C[C@@H](N)c2ccccc2)c(=O)n1Cc1c(F)cccc1F. The van der Waals surface area contributed by atoms with Gasteiger partial charge in [-0.3, -0.25) is 18.8 Å². The van der Waals surface area contributed by atoms with E-state index >= 15 is 0 Å². The molecule has 7 nitrogen and oxygen atoms in total. The Morgan fingerprint density at radius 3 is 1.93 bits per heavy atom. The van der Waals surface area contributed by atoms with E-state index in [0.717, 1.165) is 39.5 Å². The summed E-state index contributed by atoms with van der Waals surface area (Å²) in [6.45, 7) is 1.15. The molecule has 2 N–H and O–H groups in total. The van der Waals surface area contributed by atoms with Crippen LogP contribution >= 0.6 is 0 Å². The van der Waals surface area contributed by atoms with Crippen LogP contribution in [0.5, 0.6) is 0 Å². The van der Waals surface area contributed by atoms with Crippen LogP contribution < -0.4 is 21.9 Å². The quantitative estimate of drug-likeness (QED) is 0.282. The zero-order chi connectivity index (χ0) is 32.5. The van der Waals surface area contributed by atoms with Gasteiger partial charge in [-0.25, -0.2) is 18.0 Å². The van der Waals surface area contributed by atoms with Crippen molar-refractivity contribution in [3.8, 4) is 0 Å². The van der Waals surface area contributed by atoms with Gasteiger partial charge in [0.25, 0.3) is 5.56 Å². The highest BCUT2D eigenvalue weighted by Gasteiger charge is 2.35. The summed E-state index contributed by atoms with van der Waals surface area (Å²) in [5, 5.41) is 0. The first kappa shape index (κ1) is 32.0. The van der Waals surface area contributed by atoms with Crippen LogP contribution in [0, 0.1) is 24.4 Å². The monoisotopic (exact) mass is 631 g/mol. The Bertz CT molecular complexity index is 1780. The number of hydrogen-bond donors (Lipinski definition) is 1. The number of rotatable bonds is 8. The van der Waals surface area contributed by atoms with Gasteiger partial charge in [-0.15, -0.1) is 0 Å². The van der Waals surface area contributed by atoms with Crippen LogP contribution in [0.4, 0.5) is 32.0 Å². The molecule has 1 aliphatic heterocycles. The highest BCUT2D eigenvalue weighted by Crippen LogP contribution is 2.34. The highest BCUT2D eigenvalue weighted by atomic mass is 19.4. The summed E-state index contributed by atoms with van der Waals surface area (Å²) >= 11 is 0. The van der Waals surface area contributed by atoms with Gasteiger partial charge in [-0.2, -0.15) is 13.2 Å². The molecule has 1 aliphatic rings. The minimum absolute atomic E-state index is 0.105. The first-order valence-corrected chi connectivity index (χ1v) is 14.3. The molecule has 0 aliphatic carbocycles. The van der Waals surface area contributed by atoms with Crippen molar-refractivity contribution >= 4 is 5.69 Å². The van der Waals surface area contributed by atoms with E-state index in [9.17, 15) is 35.9 Å². The normalized spacial score (nSPS) is 15.0. The van der Waals surface area contributed by atoms with Crippen molar-refractivity contribution in [1.82, 2.24) is 14.0 Å². The van der Waals surface area contributed by atoms with Crippen molar-refractivity contribution in [2.75, 3.05) is 31.1 Å². The van der Waals surface area contributed by atoms with E-state index in [1.807, 2.05) is 0 Å². The Kier molecular flexibility index (Phi) is 9.21. The molecule has 1 saturated heterocycles. The number of piperazine rings is 1. The third kappa shape index (κ3) is 6.69. The second kappa shape index (κ2) is 12.9. The molecule has 0 bridgehead atoms. The molecule has 0 spiro atoms. The van der Waals surface area contributed by atoms with Crippen LogP contribution in [-0.4, -0.2) is 40.2 Å². The van der Waals surface area contributed by atoms with Crippen LogP contribution in [0.25, 0.3) is 0 Å². The topological polar surface area (TPSA) is 76.5 Å². The molecule has 5 rings (SSSR count). The Morgan fingerprint density at radius 2 is 1.33 bits per heavy atom. The van der Waals surface area contributed by atoms with Crippen LogP contribution in [0.2, 0.25) is 0 Å². The van der Waals surface area contributed by atoms with E-state index in [0.29, 0.717) is 5.56 Å². The summed E-state index contributed by atoms with van der Waals surface area (Å²) in [7, 11) is 0. The minimum atomic E-state index is -4.73. The van der Waals surface area contributed by atoms with Gasteiger partial charge in [-0.05, 0) is 36.8 Å². The Balaban J connectivity index is 1.49. The molecule has 1 aromatic heterocycles. The van der Waals surface area contributed by atoms with Gasteiger partial charge >= 0.3 is 11.9 Å². The standard InChI is InChI=1S/C32H31F6N5O2/c1-20-29(41-15-13-40(14-16-41)17-22-24(32(36,37)38)9-5-10-25(22)33)30(44)43(19-28(39)21-7-3-2-4-8-21)31(45)42(20)18-23-26(34)11-6-12-27(23)35/h2-12,28H,13-19,39H2,1H3/t28-/m1/s1. The fraction of sp³-hybridized carbons (Fsp3) is 0.312. The summed E-state index contributed by atoms with van der Waals surface area (Å²) in [6, 6.07) is 14.2. The zero-order valence-corrected chi connectivity index (χ0v) is 24.3. The zero-order valence-electron chi connectivity index (χ0n) is 24.3. The van der Waals surface area contributed by atoms with E-state index in [2.05, 4.69) is 0 Å². The molecule has 0 saturated carbocycles. The minimum Gasteiger partial charge on any atom is -0.363 e. The van der Waals surface area contributed by atoms with Gasteiger partial charge in [0.05, 0.1) is 18.7 Å². The van der Waals surface area contributed by atoms with Gasteiger partial charge < -0.3 is 10.6 Å². The molecule has 13 heteroatoms. The fourth-order valence-corrected chi connectivity index (χ4v) is 5.68. The lowest BCUT2D eigenvalue weighted by Crippen LogP contribution is -2.51. The predicted molar refractivity (Wildman–Crippen MR) is 157 cm³/mol. The van der Waals surface area contributed by atoms with E-state index in [1.165, 1.54) is 13.0 Å². The average Bonchev–Trinajstić information content (AvgIpc) is 3.00. The molecular formula is C32H31F6N5O2. The number of hydrogen-bond acceptors (Lipinski definition) is 5. The van der Waals surface area contributed by atoms with Gasteiger partial charge in [-0.1, -0.05) is 42.5 Å². The van der Waals surface area contributed by atoms with Crippen molar-refractivity contribution in [3.63, 3.8) is 0 Å². The molecule has 0 amide bonds. The molecule has 1 fully saturated rings.